The van der Waals surface area contributed by atoms with Crippen LogP contribution in [0.15, 0.2) is 36.5 Å². The van der Waals surface area contributed by atoms with E-state index in [1.165, 1.54) is 6.20 Å². The molecule has 0 aliphatic heterocycles. The molecule has 0 aliphatic carbocycles. The van der Waals surface area contributed by atoms with Crippen LogP contribution in [0, 0.1) is 0 Å². The Hall–Kier alpha value is -2.21. The molecule has 2 aromatic rings. The van der Waals surface area contributed by atoms with Crippen molar-refractivity contribution in [3.8, 4) is 0 Å². The summed E-state index contributed by atoms with van der Waals surface area (Å²) < 4.78 is 0. The van der Waals surface area contributed by atoms with E-state index in [0.717, 1.165) is 5.56 Å². The molecule has 1 atom stereocenters. The highest BCUT2D eigenvalue weighted by Crippen LogP contribution is 2.03. The molecule has 94 valence electrons. The third-order valence-electron chi connectivity index (χ3n) is 2.59. The van der Waals surface area contributed by atoms with E-state index >= 15 is 0 Å². The van der Waals surface area contributed by atoms with Gasteiger partial charge >= 0.3 is 0 Å². The fraction of sp³-hybridized carbons (Fsp3) is 0.250. The molecule has 4 N–H and O–H groups in total. The Morgan fingerprint density at radius 1 is 1.39 bits per heavy atom. The van der Waals surface area contributed by atoms with Gasteiger partial charge in [-0.2, -0.15) is 15.4 Å². The number of hydrogen-bond acceptors (Lipinski definition) is 4. The molecule has 0 spiro atoms. The number of nitrogens with two attached hydrogens (primary N) is 1. The molecular formula is C12H15N5O. The van der Waals surface area contributed by atoms with E-state index in [9.17, 15) is 4.79 Å². The molecule has 0 radical (unpaired) electrons. The lowest BCUT2D eigenvalue weighted by atomic mass is 10.1. The molecule has 1 aromatic carbocycles. The third-order valence-corrected chi connectivity index (χ3v) is 2.59. The number of rotatable bonds is 5. The monoisotopic (exact) mass is 245 g/mol. The van der Waals surface area contributed by atoms with Gasteiger partial charge in [0.15, 0.2) is 5.69 Å². The fourth-order valence-electron chi connectivity index (χ4n) is 1.66. The molecule has 0 fully saturated rings. The van der Waals surface area contributed by atoms with Crippen molar-refractivity contribution in [2.75, 3.05) is 6.54 Å². The Kier molecular flexibility index (Phi) is 4.03. The first-order valence-electron chi connectivity index (χ1n) is 5.70. The molecular weight excluding hydrogens is 230 g/mol. The number of H-pyrrole nitrogens is 1. The molecule has 18 heavy (non-hydrogen) atoms. The minimum atomic E-state index is -0.268. The van der Waals surface area contributed by atoms with Gasteiger partial charge in [0.05, 0.1) is 6.20 Å². The molecule has 0 saturated heterocycles. The van der Waals surface area contributed by atoms with Crippen molar-refractivity contribution >= 4 is 5.91 Å². The summed E-state index contributed by atoms with van der Waals surface area (Å²) >= 11 is 0. The van der Waals surface area contributed by atoms with Crippen LogP contribution in [0.25, 0.3) is 0 Å². The summed E-state index contributed by atoms with van der Waals surface area (Å²) in [4.78, 5) is 11.8. The molecule has 0 bridgehead atoms. The minimum absolute atomic E-state index is 0.114. The van der Waals surface area contributed by atoms with Gasteiger partial charge in [-0.05, 0) is 12.0 Å². The average molecular weight is 245 g/mol. The van der Waals surface area contributed by atoms with Crippen LogP contribution in [0.3, 0.4) is 0 Å². The van der Waals surface area contributed by atoms with Gasteiger partial charge < -0.3 is 11.1 Å². The zero-order chi connectivity index (χ0) is 12.8. The van der Waals surface area contributed by atoms with Crippen LogP contribution in [0.2, 0.25) is 0 Å². The van der Waals surface area contributed by atoms with Gasteiger partial charge in [-0.3, -0.25) is 4.79 Å². The Balaban J connectivity index is 1.96. The topological polar surface area (TPSA) is 96.7 Å². The highest BCUT2D eigenvalue weighted by atomic mass is 16.2. The van der Waals surface area contributed by atoms with Crippen LogP contribution >= 0.6 is 0 Å². The number of aromatic amines is 1. The second-order valence-electron chi connectivity index (χ2n) is 3.95. The van der Waals surface area contributed by atoms with Crippen LogP contribution in [0.1, 0.15) is 16.1 Å². The summed E-state index contributed by atoms with van der Waals surface area (Å²) in [6.45, 7) is 0.373. The molecule has 1 unspecified atom stereocenters. The smallest absolute Gasteiger partial charge is 0.273 e. The number of benzene rings is 1. The zero-order valence-electron chi connectivity index (χ0n) is 9.84. The van der Waals surface area contributed by atoms with Gasteiger partial charge in [0.25, 0.3) is 5.91 Å². The number of hydrogen-bond donors (Lipinski definition) is 3. The van der Waals surface area contributed by atoms with E-state index in [1.807, 2.05) is 30.3 Å². The summed E-state index contributed by atoms with van der Waals surface area (Å²) in [7, 11) is 0. The summed E-state index contributed by atoms with van der Waals surface area (Å²) in [5.41, 5.74) is 7.06. The van der Waals surface area contributed by atoms with Gasteiger partial charge in [0.1, 0.15) is 0 Å². The van der Waals surface area contributed by atoms with E-state index < -0.39 is 0 Å². The largest absolute Gasteiger partial charge is 0.346 e. The predicted molar refractivity (Wildman–Crippen MR) is 66.8 cm³/mol. The average Bonchev–Trinajstić information content (AvgIpc) is 2.93. The van der Waals surface area contributed by atoms with Crippen molar-refractivity contribution in [2.45, 2.75) is 12.5 Å². The van der Waals surface area contributed by atoms with E-state index in [-0.39, 0.29) is 17.6 Å². The number of carbonyl (C=O) groups excluding carboxylic acids is 1. The van der Waals surface area contributed by atoms with Crippen LogP contribution in [0.4, 0.5) is 0 Å². The lowest BCUT2D eigenvalue weighted by Crippen LogP contribution is -2.41. The number of aromatic nitrogens is 3. The molecule has 1 aromatic heterocycles. The molecule has 1 amide bonds. The van der Waals surface area contributed by atoms with Crippen molar-refractivity contribution in [1.82, 2.24) is 20.7 Å². The normalized spacial score (nSPS) is 12.1. The fourth-order valence-corrected chi connectivity index (χ4v) is 1.66. The minimum Gasteiger partial charge on any atom is -0.346 e. The first-order valence-corrected chi connectivity index (χ1v) is 5.70. The summed E-state index contributed by atoms with van der Waals surface area (Å²) in [5.74, 6) is -0.268. The van der Waals surface area contributed by atoms with Crippen LogP contribution < -0.4 is 11.1 Å². The van der Waals surface area contributed by atoms with E-state index in [1.54, 1.807) is 0 Å². The highest BCUT2D eigenvalue weighted by Gasteiger charge is 2.14. The van der Waals surface area contributed by atoms with Crippen molar-refractivity contribution in [1.29, 1.82) is 0 Å². The lowest BCUT2D eigenvalue weighted by molar-refractivity contribution is 0.0933. The van der Waals surface area contributed by atoms with E-state index in [2.05, 4.69) is 20.7 Å². The molecule has 0 saturated carbocycles. The van der Waals surface area contributed by atoms with Crippen LogP contribution in [-0.4, -0.2) is 33.9 Å². The zero-order valence-corrected chi connectivity index (χ0v) is 9.84. The molecule has 2 rings (SSSR count). The van der Waals surface area contributed by atoms with E-state index in [4.69, 9.17) is 5.73 Å². The molecule has 6 nitrogen and oxygen atoms in total. The van der Waals surface area contributed by atoms with E-state index in [0.29, 0.717) is 13.0 Å². The Labute approximate surface area is 105 Å². The second-order valence-corrected chi connectivity index (χ2v) is 3.95. The second kappa shape index (κ2) is 5.92. The highest BCUT2D eigenvalue weighted by molar-refractivity contribution is 5.92. The molecule has 0 aliphatic rings. The van der Waals surface area contributed by atoms with Crippen molar-refractivity contribution < 1.29 is 4.79 Å². The third kappa shape index (κ3) is 3.14. The summed E-state index contributed by atoms with van der Waals surface area (Å²) in [5, 5.41) is 12.5. The SMILES string of the molecule is NCC(Cc1ccccc1)NC(=O)c1cn[nH]n1. The van der Waals surface area contributed by atoms with Crippen LogP contribution in [-0.2, 0) is 6.42 Å². The van der Waals surface area contributed by atoms with Crippen molar-refractivity contribution in [3.05, 3.63) is 47.8 Å². The van der Waals surface area contributed by atoms with Crippen molar-refractivity contribution in [3.63, 3.8) is 0 Å². The van der Waals surface area contributed by atoms with Crippen molar-refractivity contribution in [2.24, 2.45) is 5.73 Å². The maximum absolute atomic E-state index is 11.8. The Bertz CT molecular complexity index is 482. The Morgan fingerprint density at radius 2 is 2.17 bits per heavy atom. The lowest BCUT2D eigenvalue weighted by Gasteiger charge is -2.15. The predicted octanol–water partition coefficient (Wildman–Crippen LogP) is 0.104. The number of nitrogens with one attached hydrogen (secondary N) is 2. The first kappa shape index (κ1) is 12.3. The number of nitrogens with zero attached hydrogens (tertiary/aromatic N) is 2. The quantitative estimate of drug-likeness (QED) is 0.696. The Morgan fingerprint density at radius 3 is 2.78 bits per heavy atom. The summed E-state index contributed by atoms with van der Waals surface area (Å²) in [6.07, 6.45) is 2.08. The number of carbonyl (C=O) groups is 1. The van der Waals surface area contributed by atoms with Gasteiger partial charge in [-0.15, -0.1) is 0 Å². The maximum atomic E-state index is 11.8. The van der Waals surface area contributed by atoms with Crippen LogP contribution in [0.5, 0.6) is 0 Å². The van der Waals surface area contributed by atoms with Gasteiger partial charge in [-0.25, -0.2) is 0 Å². The summed E-state index contributed by atoms with van der Waals surface area (Å²) in [6, 6.07) is 9.77. The van der Waals surface area contributed by atoms with Gasteiger partial charge in [-0.1, -0.05) is 30.3 Å². The number of amides is 1. The molecule has 1 heterocycles. The maximum Gasteiger partial charge on any atom is 0.273 e. The standard InChI is InChI=1S/C12H15N5O/c13-7-10(6-9-4-2-1-3-5-9)15-12(18)11-8-14-17-16-11/h1-5,8,10H,6-7,13H2,(H,15,18)(H,14,16,17). The van der Waals surface area contributed by atoms with Gasteiger partial charge in [0, 0.05) is 12.6 Å². The van der Waals surface area contributed by atoms with Gasteiger partial charge in [0.2, 0.25) is 0 Å². The first-order chi connectivity index (χ1) is 8.79. The molecule has 6 heteroatoms.